The van der Waals surface area contributed by atoms with E-state index in [-0.39, 0.29) is 12.6 Å². The quantitative estimate of drug-likeness (QED) is 0.786. The van der Waals surface area contributed by atoms with Crippen molar-refractivity contribution in [3.63, 3.8) is 0 Å². The summed E-state index contributed by atoms with van der Waals surface area (Å²) in [6.07, 6.45) is 2.33. The summed E-state index contributed by atoms with van der Waals surface area (Å²) in [5.74, 6) is -0.506. The van der Waals surface area contributed by atoms with E-state index in [9.17, 15) is 9.59 Å². The standard InChI is InChI=1S/C20H26N4O3/c1-15-12-17(22-27-15)14-23(2)20(26)19(25)21-13-18(24-10-6-7-11-24)16-8-4-3-5-9-16/h3-5,8-9,12,18H,6-7,10-11,13-14H2,1-2H3,(H,21,25)/t18-/m1/s1. The molecule has 1 saturated heterocycles. The summed E-state index contributed by atoms with van der Waals surface area (Å²) in [5.41, 5.74) is 1.77. The van der Waals surface area contributed by atoms with Gasteiger partial charge in [-0.25, -0.2) is 0 Å². The first kappa shape index (κ1) is 19.1. The lowest BCUT2D eigenvalue weighted by molar-refractivity contribution is -0.145. The fourth-order valence-electron chi connectivity index (χ4n) is 3.43. The number of hydrogen-bond donors (Lipinski definition) is 1. The van der Waals surface area contributed by atoms with E-state index in [4.69, 9.17) is 4.52 Å². The summed E-state index contributed by atoms with van der Waals surface area (Å²) in [6.45, 7) is 4.44. The van der Waals surface area contributed by atoms with Gasteiger partial charge in [0.1, 0.15) is 11.5 Å². The van der Waals surface area contributed by atoms with Crippen LogP contribution in [0.1, 0.15) is 35.9 Å². The molecule has 7 heteroatoms. The van der Waals surface area contributed by atoms with Crippen LogP contribution in [-0.2, 0) is 16.1 Å². The lowest BCUT2D eigenvalue weighted by Crippen LogP contribution is -2.44. The normalized spacial score (nSPS) is 15.5. The molecule has 1 N–H and O–H groups in total. The molecular weight excluding hydrogens is 344 g/mol. The van der Waals surface area contributed by atoms with Gasteiger partial charge in [0.15, 0.2) is 0 Å². The molecule has 144 valence electrons. The van der Waals surface area contributed by atoms with E-state index >= 15 is 0 Å². The van der Waals surface area contributed by atoms with Crippen LogP contribution < -0.4 is 5.32 Å². The smallest absolute Gasteiger partial charge is 0.311 e. The summed E-state index contributed by atoms with van der Waals surface area (Å²) in [6, 6.07) is 11.9. The van der Waals surface area contributed by atoms with Crippen molar-refractivity contribution < 1.29 is 14.1 Å². The van der Waals surface area contributed by atoms with Crippen molar-refractivity contribution in [1.82, 2.24) is 20.3 Å². The van der Waals surface area contributed by atoms with E-state index < -0.39 is 11.8 Å². The first-order valence-electron chi connectivity index (χ1n) is 9.29. The number of aryl methyl sites for hydroxylation is 1. The Kier molecular flexibility index (Phi) is 6.24. The van der Waals surface area contributed by atoms with E-state index in [1.807, 2.05) is 18.2 Å². The van der Waals surface area contributed by atoms with Gasteiger partial charge in [-0.2, -0.15) is 0 Å². The van der Waals surface area contributed by atoms with Crippen molar-refractivity contribution in [2.45, 2.75) is 32.4 Å². The van der Waals surface area contributed by atoms with Gasteiger partial charge >= 0.3 is 11.8 Å². The molecule has 1 aromatic heterocycles. The summed E-state index contributed by atoms with van der Waals surface area (Å²) in [5, 5.41) is 6.67. The van der Waals surface area contributed by atoms with Gasteiger partial charge in [0.05, 0.1) is 12.6 Å². The number of likely N-dealkylation sites (tertiary alicyclic amines) is 1. The van der Waals surface area contributed by atoms with Gasteiger partial charge in [-0.15, -0.1) is 0 Å². The first-order chi connectivity index (χ1) is 13.0. The second-order valence-electron chi connectivity index (χ2n) is 6.97. The fourth-order valence-corrected chi connectivity index (χ4v) is 3.43. The Bertz CT molecular complexity index is 769. The maximum Gasteiger partial charge on any atom is 0.311 e. The number of carbonyl (C=O) groups is 2. The highest BCUT2D eigenvalue weighted by molar-refractivity contribution is 6.34. The number of benzene rings is 1. The zero-order valence-electron chi connectivity index (χ0n) is 15.9. The Morgan fingerprint density at radius 3 is 2.59 bits per heavy atom. The molecule has 2 aromatic rings. The summed E-state index contributed by atoms with van der Waals surface area (Å²) < 4.78 is 5.00. The van der Waals surface area contributed by atoms with Crippen molar-refractivity contribution >= 4 is 11.8 Å². The molecule has 3 rings (SSSR count). The predicted molar refractivity (Wildman–Crippen MR) is 101 cm³/mol. The lowest BCUT2D eigenvalue weighted by Gasteiger charge is -2.28. The number of nitrogens with zero attached hydrogens (tertiary/aromatic N) is 3. The Hall–Kier alpha value is -2.67. The van der Waals surface area contributed by atoms with Gasteiger partial charge in [0, 0.05) is 19.7 Å². The van der Waals surface area contributed by atoms with Crippen LogP contribution in [0.4, 0.5) is 0 Å². The molecule has 1 fully saturated rings. The topological polar surface area (TPSA) is 78.7 Å². The van der Waals surface area contributed by atoms with Gasteiger partial charge < -0.3 is 14.7 Å². The van der Waals surface area contributed by atoms with E-state index in [1.54, 1.807) is 20.0 Å². The Morgan fingerprint density at radius 1 is 1.26 bits per heavy atom. The predicted octanol–water partition coefficient (Wildman–Crippen LogP) is 1.89. The molecule has 7 nitrogen and oxygen atoms in total. The minimum absolute atomic E-state index is 0.0777. The number of nitrogens with one attached hydrogen (secondary N) is 1. The van der Waals surface area contributed by atoms with Crippen molar-refractivity contribution in [2.24, 2.45) is 0 Å². The van der Waals surface area contributed by atoms with Crippen molar-refractivity contribution in [1.29, 1.82) is 0 Å². The third kappa shape index (κ3) is 4.95. The first-order valence-corrected chi connectivity index (χ1v) is 9.29. The van der Waals surface area contributed by atoms with Crippen LogP contribution in [0.2, 0.25) is 0 Å². The number of hydrogen-bond acceptors (Lipinski definition) is 5. The fraction of sp³-hybridized carbons (Fsp3) is 0.450. The van der Waals surface area contributed by atoms with Crippen LogP contribution in [0.25, 0.3) is 0 Å². The number of likely N-dealkylation sites (N-methyl/N-ethyl adjacent to an activating group) is 1. The molecule has 0 saturated carbocycles. The zero-order chi connectivity index (χ0) is 19.2. The van der Waals surface area contributed by atoms with E-state index in [2.05, 4.69) is 27.5 Å². The third-order valence-electron chi connectivity index (χ3n) is 4.84. The molecule has 0 spiro atoms. The van der Waals surface area contributed by atoms with Gasteiger partial charge in [-0.05, 0) is 38.4 Å². The van der Waals surface area contributed by atoms with Crippen LogP contribution in [0.3, 0.4) is 0 Å². The maximum atomic E-state index is 12.4. The van der Waals surface area contributed by atoms with Crippen LogP contribution in [0.15, 0.2) is 40.9 Å². The minimum atomic E-state index is -0.599. The highest BCUT2D eigenvalue weighted by Gasteiger charge is 2.26. The SMILES string of the molecule is Cc1cc(CN(C)C(=O)C(=O)NC[C@H](c2ccccc2)N2CCCC2)no1. The molecule has 2 heterocycles. The number of amides is 2. The molecule has 1 aromatic carbocycles. The molecule has 27 heavy (non-hydrogen) atoms. The monoisotopic (exact) mass is 370 g/mol. The van der Waals surface area contributed by atoms with E-state index in [1.165, 1.54) is 4.90 Å². The van der Waals surface area contributed by atoms with Gasteiger partial charge in [0.2, 0.25) is 0 Å². The van der Waals surface area contributed by atoms with Gasteiger partial charge in [0.25, 0.3) is 0 Å². The molecular formula is C20H26N4O3. The number of carbonyl (C=O) groups excluding carboxylic acids is 2. The van der Waals surface area contributed by atoms with E-state index in [0.717, 1.165) is 31.5 Å². The summed E-state index contributed by atoms with van der Waals surface area (Å²) in [4.78, 5) is 28.4. The second kappa shape index (κ2) is 8.81. The Morgan fingerprint density at radius 2 is 1.96 bits per heavy atom. The maximum absolute atomic E-state index is 12.4. The molecule has 1 atom stereocenters. The molecule has 0 unspecified atom stereocenters. The second-order valence-corrected chi connectivity index (χ2v) is 6.97. The minimum Gasteiger partial charge on any atom is -0.361 e. The Labute approximate surface area is 159 Å². The zero-order valence-corrected chi connectivity index (χ0v) is 15.9. The highest BCUT2D eigenvalue weighted by Crippen LogP contribution is 2.24. The van der Waals surface area contributed by atoms with Crippen LogP contribution >= 0.6 is 0 Å². The molecule has 2 amide bonds. The van der Waals surface area contributed by atoms with Crippen LogP contribution in [0, 0.1) is 6.92 Å². The molecule has 0 radical (unpaired) electrons. The van der Waals surface area contributed by atoms with Crippen molar-refractivity contribution in [3.8, 4) is 0 Å². The summed E-state index contributed by atoms with van der Waals surface area (Å²) in [7, 11) is 1.58. The average molecular weight is 370 g/mol. The van der Waals surface area contributed by atoms with Gasteiger partial charge in [-0.1, -0.05) is 35.5 Å². The third-order valence-corrected chi connectivity index (χ3v) is 4.84. The van der Waals surface area contributed by atoms with Crippen LogP contribution in [-0.4, -0.2) is 53.5 Å². The Balaban J connectivity index is 1.58. The van der Waals surface area contributed by atoms with Crippen molar-refractivity contribution in [3.05, 3.63) is 53.4 Å². The molecule has 0 bridgehead atoms. The number of aromatic nitrogens is 1. The average Bonchev–Trinajstić information content (AvgIpc) is 3.34. The molecule has 0 aliphatic carbocycles. The van der Waals surface area contributed by atoms with E-state index in [0.29, 0.717) is 18.0 Å². The van der Waals surface area contributed by atoms with Gasteiger partial charge in [-0.3, -0.25) is 14.5 Å². The number of rotatable bonds is 6. The molecule has 1 aliphatic heterocycles. The highest BCUT2D eigenvalue weighted by atomic mass is 16.5. The molecule has 1 aliphatic rings. The van der Waals surface area contributed by atoms with Crippen molar-refractivity contribution in [2.75, 3.05) is 26.7 Å². The largest absolute Gasteiger partial charge is 0.361 e. The lowest BCUT2D eigenvalue weighted by atomic mass is 10.1. The van der Waals surface area contributed by atoms with Crippen LogP contribution in [0.5, 0.6) is 0 Å². The summed E-state index contributed by atoms with van der Waals surface area (Å²) >= 11 is 0.